The van der Waals surface area contributed by atoms with Crippen LogP contribution >= 0.6 is 0 Å². The van der Waals surface area contributed by atoms with E-state index in [9.17, 15) is 21.6 Å². The third kappa shape index (κ3) is 4.83. The molecule has 1 N–H and O–H groups in total. The highest BCUT2D eigenvalue weighted by atomic mass is 32.2. The lowest BCUT2D eigenvalue weighted by Crippen LogP contribution is -2.60. The summed E-state index contributed by atoms with van der Waals surface area (Å²) in [4.78, 5) is 11.3. The number of carbonyl (C=O) groups is 1. The molecule has 3 rings (SSSR count). The van der Waals surface area contributed by atoms with Gasteiger partial charge in [-0.1, -0.05) is 0 Å². The van der Waals surface area contributed by atoms with E-state index in [-0.39, 0.29) is 10.8 Å². The van der Waals surface area contributed by atoms with Crippen LogP contribution in [-0.4, -0.2) is 85.6 Å². The number of carboxylic acid groups (broad SMARTS) is 1. The summed E-state index contributed by atoms with van der Waals surface area (Å²) in [6.07, 6.45) is -1.58. The Morgan fingerprint density at radius 3 is 2.12 bits per heavy atom. The fourth-order valence-electron chi connectivity index (χ4n) is 3.07. The Kier molecular flexibility index (Phi) is 6.02. The Morgan fingerprint density at radius 2 is 1.72 bits per heavy atom. The lowest BCUT2D eigenvalue weighted by molar-refractivity contribution is -0.192. The van der Waals surface area contributed by atoms with E-state index >= 15 is 0 Å². The molecule has 0 aromatic rings. The average Bonchev–Trinajstić information content (AvgIpc) is 3.36. The van der Waals surface area contributed by atoms with Crippen molar-refractivity contribution < 1.29 is 36.2 Å². The van der Waals surface area contributed by atoms with Crippen LogP contribution in [0.3, 0.4) is 0 Å². The molecule has 0 unspecified atom stereocenters. The third-order valence-corrected chi connectivity index (χ3v) is 7.35. The quantitative estimate of drug-likeness (QED) is 0.757. The number of piperidine rings is 1. The van der Waals surface area contributed by atoms with Gasteiger partial charge in [0.2, 0.25) is 10.0 Å². The number of halogens is 3. The predicted octanol–water partition coefficient (Wildman–Crippen LogP) is 0.909. The van der Waals surface area contributed by atoms with Crippen molar-refractivity contribution in [2.24, 2.45) is 0 Å². The van der Waals surface area contributed by atoms with Crippen LogP contribution in [-0.2, 0) is 19.6 Å². The van der Waals surface area contributed by atoms with E-state index in [1.54, 1.807) is 4.31 Å². The van der Waals surface area contributed by atoms with E-state index in [4.69, 9.17) is 14.6 Å². The molecule has 0 aromatic carbocycles. The molecule has 0 aromatic heterocycles. The molecule has 2 heterocycles. The molecule has 146 valence electrons. The molecule has 25 heavy (non-hydrogen) atoms. The highest BCUT2D eigenvalue weighted by Gasteiger charge is 2.46. The van der Waals surface area contributed by atoms with Gasteiger partial charge >= 0.3 is 12.1 Å². The molecule has 3 fully saturated rings. The van der Waals surface area contributed by atoms with Gasteiger partial charge in [0.25, 0.3) is 0 Å². The lowest BCUT2D eigenvalue weighted by Gasteiger charge is -2.49. The molecule has 0 bridgehead atoms. The second-order valence-electron chi connectivity index (χ2n) is 6.64. The zero-order valence-electron chi connectivity index (χ0n) is 14.0. The van der Waals surface area contributed by atoms with Crippen molar-refractivity contribution in [2.75, 3.05) is 39.9 Å². The van der Waals surface area contributed by atoms with Crippen LogP contribution in [0.25, 0.3) is 0 Å². The second-order valence-corrected chi connectivity index (χ2v) is 8.86. The van der Waals surface area contributed by atoms with Crippen molar-refractivity contribution in [2.45, 2.75) is 42.6 Å². The van der Waals surface area contributed by atoms with Crippen LogP contribution in [0, 0.1) is 0 Å². The minimum absolute atomic E-state index is 0.0770. The molecule has 0 amide bonds. The number of carboxylic acids is 1. The number of sulfonamides is 1. The van der Waals surface area contributed by atoms with Crippen LogP contribution in [0.1, 0.15) is 25.7 Å². The number of nitrogens with zero attached hydrogens (tertiary/aromatic N) is 2. The van der Waals surface area contributed by atoms with Crippen LogP contribution in [0.2, 0.25) is 0 Å². The molecule has 11 heteroatoms. The minimum atomic E-state index is -5.08. The third-order valence-electron chi connectivity index (χ3n) is 4.95. The van der Waals surface area contributed by atoms with Crippen molar-refractivity contribution in [3.8, 4) is 0 Å². The zero-order chi connectivity index (χ0) is 18.9. The minimum Gasteiger partial charge on any atom is -0.475 e. The van der Waals surface area contributed by atoms with Gasteiger partial charge in [0.1, 0.15) is 0 Å². The first-order valence-electron chi connectivity index (χ1n) is 8.07. The van der Waals surface area contributed by atoms with E-state index in [2.05, 4.69) is 11.9 Å². The Hall–Kier alpha value is -0.910. The van der Waals surface area contributed by atoms with Crippen molar-refractivity contribution >= 4 is 16.0 Å². The summed E-state index contributed by atoms with van der Waals surface area (Å²) in [5.41, 5.74) is 0.0772. The molecular formula is C14H23F3N2O5S. The van der Waals surface area contributed by atoms with Crippen molar-refractivity contribution in [3.05, 3.63) is 0 Å². The van der Waals surface area contributed by atoms with Crippen molar-refractivity contribution in [1.82, 2.24) is 9.21 Å². The molecule has 3 aliphatic rings. The lowest BCUT2D eigenvalue weighted by atomic mass is 9.87. The average molecular weight is 388 g/mol. The predicted molar refractivity (Wildman–Crippen MR) is 82.6 cm³/mol. The standard InChI is InChI=1S/C12H22N2O3S.C2HF3O2/c1-13-8-9-17-10-12(13)4-6-14(7-5-12)18(15,16)11-2-3-11;3-2(4,5)1(6)7/h11H,2-10H2,1H3;(H,6,7). The highest BCUT2D eigenvalue weighted by Crippen LogP contribution is 2.36. The van der Waals surface area contributed by atoms with E-state index in [0.717, 1.165) is 45.4 Å². The zero-order valence-corrected chi connectivity index (χ0v) is 14.8. The summed E-state index contributed by atoms with van der Waals surface area (Å²) < 4.78 is 63.4. The van der Waals surface area contributed by atoms with Crippen molar-refractivity contribution in [3.63, 3.8) is 0 Å². The highest BCUT2D eigenvalue weighted by molar-refractivity contribution is 7.90. The maximum absolute atomic E-state index is 12.2. The largest absolute Gasteiger partial charge is 0.490 e. The smallest absolute Gasteiger partial charge is 0.475 e. The number of likely N-dealkylation sites (N-methyl/N-ethyl adjacent to an activating group) is 1. The van der Waals surface area contributed by atoms with Gasteiger partial charge in [0.05, 0.1) is 18.5 Å². The Balaban J connectivity index is 0.000000277. The molecule has 1 aliphatic carbocycles. The normalized spacial score (nSPS) is 25.3. The van der Waals surface area contributed by atoms with Gasteiger partial charge in [-0.2, -0.15) is 13.2 Å². The number of aliphatic carboxylic acids is 1. The van der Waals surface area contributed by atoms with Gasteiger partial charge < -0.3 is 9.84 Å². The Labute approximate surface area is 144 Å². The topological polar surface area (TPSA) is 87.2 Å². The van der Waals surface area contributed by atoms with Crippen molar-refractivity contribution in [1.29, 1.82) is 0 Å². The number of hydrogen-bond acceptors (Lipinski definition) is 5. The molecule has 2 aliphatic heterocycles. The van der Waals surface area contributed by atoms with Gasteiger partial charge in [-0.25, -0.2) is 17.5 Å². The summed E-state index contributed by atoms with van der Waals surface area (Å²) in [6.45, 7) is 3.82. The monoisotopic (exact) mass is 388 g/mol. The summed E-state index contributed by atoms with van der Waals surface area (Å²) >= 11 is 0. The molecule has 0 atom stereocenters. The molecule has 1 spiro atoms. The van der Waals surface area contributed by atoms with Crippen LogP contribution in [0.15, 0.2) is 0 Å². The summed E-state index contributed by atoms with van der Waals surface area (Å²) in [7, 11) is -0.855. The number of hydrogen-bond donors (Lipinski definition) is 1. The number of rotatable bonds is 2. The molecule has 0 radical (unpaired) electrons. The SMILES string of the molecule is CN1CCOCC12CCN(S(=O)(=O)C1CC1)CC2.O=C(O)C(F)(F)F. The van der Waals surface area contributed by atoms with Gasteiger partial charge in [-0.05, 0) is 32.7 Å². The molecule has 2 saturated heterocycles. The number of ether oxygens (including phenoxy) is 1. The van der Waals surface area contributed by atoms with Crippen LogP contribution in [0.4, 0.5) is 13.2 Å². The summed E-state index contributed by atoms with van der Waals surface area (Å²) in [6, 6.07) is 0. The fourth-order valence-corrected chi connectivity index (χ4v) is 4.92. The van der Waals surface area contributed by atoms with Gasteiger partial charge in [-0.15, -0.1) is 0 Å². The first-order chi connectivity index (χ1) is 11.5. The fraction of sp³-hybridized carbons (Fsp3) is 0.929. The summed E-state index contributed by atoms with van der Waals surface area (Å²) in [5, 5.41) is 7.05. The molecule has 7 nitrogen and oxygen atoms in total. The summed E-state index contributed by atoms with van der Waals surface area (Å²) in [5.74, 6) is -2.76. The van der Waals surface area contributed by atoms with Crippen LogP contribution in [0.5, 0.6) is 0 Å². The first kappa shape index (κ1) is 20.4. The van der Waals surface area contributed by atoms with Crippen LogP contribution < -0.4 is 0 Å². The van der Waals surface area contributed by atoms with Gasteiger partial charge in [0.15, 0.2) is 0 Å². The number of alkyl halides is 3. The molecule has 1 saturated carbocycles. The van der Waals surface area contributed by atoms with E-state index in [1.807, 2.05) is 0 Å². The first-order valence-corrected chi connectivity index (χ1v) is 9.57. The van der Waals surface area contributed by atoms with Gasteiger partial charge in [0, 0.05) is 25.2 Å². The molecular weight excluding hydrogens is 365 g/mol. The van der Waals surface area contributed by atoms with Gasteiger partial charge in [-0.3, -0.25) is 4.90 Å². The van der Waals surface area contributed by atoms with E-state index in [0.29, 0.717) is 13.1 Å². The van der Waals surface area contributed by atoms with E-state index in [1.165, 1.54) is 0 Å². The Bertz CT molecular complexity index is 584. The number of morpholine rings is 1. The Morgan fingerprint density at radius 1 is 1.20 bits per heavy atom. The second kappa shape index (κ2) is 7.37. The van der Waals surface area contributed by atoms with E-state index < -0.39 is 22.2 Å². The maximum atomic E-state index is 12.2. The maximum Gasteiger partial charge on any atom is 0.490 e.